The normalized spacial score (nSPS) is 12.4. The third kappa shape index (κ3) is 5.85. The molecule has 0 aliphatic heterocycles. The minimum Gasteiger partial charge on any atom is -0.337 e. The van der Waals surface area contributed by atoms with Gasteiger partial charge in [0.1, 0.15) is 0 Å². The van der Waals surface area contributed by atoms with Gasteiger partial charge in [0.25, 0.3) is 0 Å². The molecule has 0 aliphatic rings. The van der Waals surface area contributed by atoms with Gasteiger partial charge in [-0.25, -0.2) is 9.97 Å². The zero-order chi connectivity index (χ0) is 18.6. The summed E-state index contributed by atoms with van der Waals surface area (Å²) >= 11 is 1.42. The Morgan fingerprint density at radius 2 is 1.88 bits per heavy atom. The molecule has 0 fully saturated rings. The van der Waals surface area contributed by atoms with Gasteiger partial charge in [-0.2, -0.15) is 5.10 Å². The molecular weight excluding hydrogens is 334 g/mol. The van der Waals surface area contributed by atoms with Crippen LogP contribution >= 0.6 is 11.8 Å². The molecule has 7 heteroatoms. The lowest BCUT2D eigenvalue weighted by molar-refractivity contribution is -0.131. The van der Waals surface area contributed by atoms with Crippen molar-refractivity contribution in [2.24, 2.45) is 13.0 Å². The van der Waals surface area contributed by atoms with Crippen LogP contribution in [0.5, 0.6) is 0 Å². The number of hydrogen-bond acceptors (Lipinski definition) is 5. The fourth-order valence-electron chi connectivity index (χ4n) is 2.66. The highest BCUT2D eigenvalue weighted by atomic mass is 32.2. The van der Waals surface area contributed by atoms with E-state index in [1.807, 2.05) is 51.2 Å². The average molecular weight is 362 g/mol. The maximum absolute atomic E-state index is 13.0. The number of carbonyl (C=O) groups excluding carboxylic acids is 1. The van der Waals surface area contributed by atoms with Crippen LogP contribution in [0.15, 0.2) is 23.6 Å². The topological polar surface area (TPSA) is 63.9 Å². The number of carbonyl (C=O) groups is 1. The van der Waals surface area contributed by atoms with Gasteiger partial charge in [-0.3, -0.25) is 9.48 Å². The van der Waals surface area contributed by atoms with Crippen molar-refractivity contribution in [3.8, 4) is 0 Å². The van der Waals surface area contributed by atoms with Crippen LogP contribution in [0.1, 0.15) is 37.7 Å². The van der Waals surface area contributed by atoms with Crippen molar-refractivity contribution in [1.82, 2.24) is 24.6 Å². The van der Waals surface area contributed by atoms with Gasteiger partial charge in [-0.15, -0.1) is 0 Å². The van der Waals surface area contributed by atoms with Crippen LogP contribution in [0.2, 0.25) is 0 Å². The molecule has 1 atom stereocenters. The standard InChI is InChI=1S/C18H27N5OS/c1-12(2)9-23(11-16-8-19-22(6)10-16)17(24)15(5)25-18-20-13(3)7-14(4)21-18/h7-8,10,12,15H,9,11H2,1-6H3/t15-/m0/s1. The quantitative estimate of drug-likeness (QED) is 0.560. The number of amides is 1. The smallest absolute Gasteiger partial charge is 0.236 e. The molecule has 2 heterocycles. The number of hydrogen-bond donors (Lipinski definition) is 0. The van der Waals surface area contributed by atoms with E-state index in [9.17, 15) is 4.79 Å². The van der Waals surface area contributed by atoms with Crippen molar-refractivity contribution in [3.05, 3.63) is 35.4 Å². The van der Waals surface area contributed by atoms with E-state index in [0.717, 1.165) is 17.0 Å². The summed E-state index contributed by atoms with van der Waals surface area (Å²) in [6.45, 7) is 11.3. The van der Waals surface area contributed by atoms with E-state index in [-0.39, 0.29) is 11.2 Å². The second-order valence-corrected chi connectivity index (χ2v) is 8.14. The summed E-state index contributed by atoms with van der Waals surface area (Å²) < 4.78 is 1.76. The Kier molecular flexibility index (Phi) is 6.58. The van der Waals surface area contributed by atoms with E-state index < -0.39 is 0 Å². The first-order valence-electron chi connectivity index (χ1n) is 8.50. The second kappa shape index (κ2) is 8.47. The number of aryl methyl sites for hydroxylation is 3. The lowest BCUT2D eigenvalue weighted by atomic mass is 10.2. The molecule has 2 aromatic rings. The number of aromatic nitrogens is 4. The molecule has 0 N–H and O–H groups in total. The van der Waals surface area contributed by atoms with Gasteiger partial charge in [-0.1, -0.05) is 25.6 Å². The maximum atomic E-state index is 13.0. The van der Waals surface area contributed by atoms with E-state index in [1.165, 1.54) is 11.8 Å². The van der Waals surface area contributed by atoms with E-state index in [0.29, 0.717) is 24.2 Å². The summed E-state index contributed by atoms with van der Waals surface area (Å²) in [7, 11) is 1.88. The molecular formula is C18H27N5OS. The monoisotopic (exact) mass is 361 g/mol. The van der Waals surface area contributed by atoms with Crippen molar-refractivity contribution in [2.45, 2.75) is 51.6 Å². The van der Waals surface area contributed by atoms with E-state index in [4.69, 9.17) is 0 Å². The van der Waals surface area contributed by atoms with Gasteiger partial charge >= 0.3 is 0 Å². The SMILES string of the molecule is Cc1cc(C)nc(S[C@@H](C)C(=O)N(Cc2cnn(C)c2)CC(C)C)n1. The molecule has 6 nitrogen and oxygen atoms in total. The first kappa shape index (κ1) is 19.4. The van der Waals surface area contributed by atoms with Crippen LogP contribution in [0, 0.1) is 19.8 Å². The number of thioether (sulfide) groups is 1. The van der Waals surface area contributed by atoms with Crippen molar-refractivity contribution >= 4 is 17.7 Å². The van der Waals surface area contributed by atoms with Crippen LogP contribution in [0.3, 0.4) is 0 Å². The minimum absolute atomic E-state index is 0.102. The predicted molar refractivity (Wildman–Crippen MR) is 100 cm³/mol. The molecule has 0 aliphatic carbocycles. The molecule has 0 unspecified atom stereocenters. The third-order valence-electron chi connectivity index (χ3n) is 3.62. The molecule has 0 saturated heterocycles. The van der Waals surface area contributed by atoms with E-state index in [2.05, 4.69) is 28.9 Å². The summed E-state index contributed by atoms with van der Waals surface area (Å²) in [5.41, 5.74) is 2.88. The van der Waals surface area contributed by atoms with E-state index >= 15 is 0 Å². The third-order valence-corrected chi connectivity index (χ3v) is 4.57. The summed E-state index contributed by atoms with van der Waals surface area (Å²) in [5.74, 6) is 0.501. The van der Waals surface area contributed by atoms with Crippen molar-refractivity contribution in [3.63, 3.8) is 0 Å². The molecule has 0 saturated carbocycles. The number of rotatable bonds is 7. The molecule has 2 aromatic heterocycles. The van der Waals surface area contributed by atoms with Crippen LogP contribution in [0.4, 0.5) is 0 Å². The zero-order valence-electron chi connectivity index (χ0n) is 15.9. The van der Waals surface area contributed by atoms with Crippen molar-refractivity contribution in [1.29, 1.82) is 0 Å². The highest BCUT2D eigenvalue weighted by Gasteiger charge is 2.24. The molecule has 136 valence electrons. The highest BCUT2D eigenvalue weighted by molar-refractivity contribution is 8.00. The zero-order valence-corrected chi connectivity index (χ0v) is 16.7. The lowest BCUT2D eigenvalue weighted by Crippen LogP contribution is -2.38. The first-order chi connectivity index (χ1) is 11.7. The second-order valence-electron chi connectivity index (χ2n) is 6.83. The van der Waals surface area contributed by atoms with Gasteiger partial charge in [-0.05, 0) is 32.8 Å². The Labute approximate surface area is 154 Å². The van der Waals surface area contributed by atoms with Crippen molar-refractivity contribution in [2.75, 3.05) is 6.54 Å². The molecule has 1 amide bonds. The fourth-order valence-corrected chi connectivity index (χ4v) is 3.62. The molecule has 2 rings (SSSR count). The molecule has 0 aromatic carbocycles. The molecule has 0 bridgehead atoms. The van der Waals surface area contributed by atoms with Crippen LogP contribution in [-0.4, -0.2) is 42.4 Å². The predicted octanol–water partition coefficient (Wildman–Crippen LogP) is 2.99. The van der Waals surface area contributed by atoms with Gasteiger partial charge in [0, 0.05) is 43.3 Å². The van der Waals surface area contributed by atoms with Gasteiger partial charge in [0.05, 0.1) is 11.4 Å². The molecule has 0 spiro atoms. The summed E-state index contributed by atoms with van der Waals surface area (Å²) in [4.78, 5) is 23.8. The largest absolute Gasteiger partial charge is 0.337 e. The fraction of sp³-hybridized carbons (Fsp3) is 0.556. The van der Waals surface area contributed by atoms with Gasteiger partial charge in [0.2, 0.25) is 5.91 Å². The van der Waals surface area contributed by atoms with Crippen LogP contribution in [-0.2, 0) is 18.4 Å². The van der Waals surface area contributed by atoms with Crippen LogP contribution < -0.4 is 0 Å². The lowest BCUT2D eigenvalue weighted by Gasteiger charge is -2.26. The highest BCUT2D eigenvalue weighted by Crippen LogP contribution is 2.23. The maximum Gasteiger partial charge on any atom is 0.236 e. The first-order valence-corrected chi connectivity index (χ1v) is 9.37. The van der Waals surface area contributed by atoms with Gasteiger partial charge < -0.3 is 4.90 Å². The Hall–Kier alpha value is -1.89. The van der Waals surface area contributed by atoms with Crippen molar-refractivity contribution < 1.29 is 4.79 Å². The minimum atomic E-state index is -0.239. The molecule has 0 radical (unpaired) electrons. The van der Waals surface area contributed by atoms with E-state index in [1.54, 1.807) is 4.68 Å². The van der Waals surface area contributed by atoms with Gasteiger partial charge in [0.15, 0.2) is 5.16 Å². The number of nitrogens with zero attached hydrogens (tertiary/aromatic N) is 5. The Morgan fingerprint density at radius 1 is 1.24 bits per heavy atom. The Bertz CT molecular complexity index is 708. The summed E-state index contributed by atoms with van der Waals surface area (Å²) in [6, 6.07) is 1.93. The summed E-state index contributed by atoms with van der Waals surface area (Å²) in [6.07, 6.45) is 3.76. The van der Waals surface area contributed by atoms with Crippen LogP contribution in [0.25, 0.3) is 0 Å². The molecule has 25 heavy (non-hydrogen) atoms. The summed E-state index contributed by atoms with van der Waals surface area (Å²) in [5, 5.41) is 4.61. The Morgan fingerprint density at radius 3 is 2.40 bits per heavy atom. The Balaban J connectivity index is 2.10. The average Bonchev–Trinajstić information content (AvgIpc) is 2.89.